The van der Waals surface area contributed by atoms with Crippen molar-refractivity contribution in [2.75, 3.05) is 6.54 Å². The second kappa shape index (κ2) is 3.92. The van der Waals surface area contributed by atoms with Crippen molar-refractivity contribution in [3.63, 3.8) is 0 Å². The normalized spacial score (nSPS) is 23.1. The van der Waals surface area contributed by atoms with E-state index in [0.29, 0.717) is 6.04 Å². The van der Waals surface area contributed by atoms with Crippen molar-refractivity contribution < 1.29 is 0 Å². The molecular weight excluding hydrogens is 196 g/mol. The molecule has 1 N–H and O–H groups in total. The first-order valence-corrected chi connectivity index (χ1v) is 6.18. The lowest BCUT2D eigenvalue weighted by atomic mass is 9.93. The van der Waals surface area contributed by atoms with Crippen LogP contribution in [0.15, 0.2) is 12.1 Å². The molecular formula is C14H16N2. The Bertz CT molecular complexity index is 451. The smallest absolute Gasteiger partial charge is 0.0994 e. The number of hydrogen-bond acceptors (Lipinski definition) is 2. The van der Waals surface area contributed by atoms with Crippen LogP contribution in [0.5, 0.6) is 0 Å². The first-order chi connectivity index (χ1) is 7.90. The van der Waals surface area contributed by atoms with Crippen molar-refractivity contribution in [1.29, 1.82) is 5.26 Å². The SMILES string of the molecule is N#Cc1ccc([C@H]2CCCN2)c2c1CCC2. The van der Waals surface area contributed by atoms with Crippen LogP contribution in [-0.2, 0) is 12.8 Å². The Balaban J connectivity index is 2.07. The highest BCUT2D eigenvalue weighted by molar-refractivity contribution is 5.50. The Kier molecular flexibility index (Phi) is 2.41. The summed E-state index contributed by atoms with van der Waals surface area (Å²) >= 11 is 0. The van der Waals surface area contributed by atoms with Gasteiger partial charge in [0.25, 0.3) is 0 Å². The Morgan fingerprint density at radius 1 is 1.19 bits per heavy atom. The van der Waals surface area contributed by atoms with Crippen LogP contribution in [0.25, 0.3) is 0 Å². The van der Waals surface area contributed by atoms with Crippen LogP contribution in [0.1, 0.15) is 47.6 Å². The number of nitriles is 1. The molecule has 0 unspecified atom stereocenters. The summed E-state index contributed by atoms with van der Waals surface area (Å²) in [7, 11) is 0. The van der Waals surface area contributed by atoms with Crippen LogP contribution in [0.3, 0.4) is 0 Å². The van der Waals surface area contributed by atoms with Crippen LogP contribution < -0.4 is 5.32 Å². The lowest BCUT2D eigenvalue weighted by Crippen LogP contribution is -2.15. The molecule has 2 aliphatic rings. The largest absolute Gasteiger partial charge is 0.310 e. The van der Waals surface area contributed by atoms with Crippen molar-refractivity contribution in [2.45, 2.75) is 38.1 Å². The molecule has 1 heterocycles. The predicted molar refractivity (Wildman–Crippen MR) is 63.2 cm³/mol. The molecule has 1 saturated heterocycles. The summed E-state index contributed by atoms with van der Waals surface area (Å²) in [5, 5.41) is 12.6. The Morgan fingerprint density at radius 2 is 2.06 bits per heavy atom. The number of benzene rings is 1. The number of nitrogens with zero attached hydrogens (tertiary/aromatic N) is 1. The topological polar surface area (TPSA) is 35.8 Å². The monoisotopic (exact) mass is 212 g/mol. The fourth-order valence-corrected chi connectivity index (χ4v) is 3.12. The third-order valence-corrected chi connectivity index (χ3v) is 3.88. The average Bonchev–Trinajstić information content (AvgIpc) is 2.98. The molecule has 82 valence electrons. The standard InChI is InChI=1S/C14H16N2/c15-9-10-6-7-13(14-5-2-8-16-14)12-4-1-3-11(10)12/h6-7,14,16H,1-5,8H2/t14-/m1/s1. The summed E-state index contributed by atoms with van der Waals surface area (Å²) in [5.41, 5.74) is 5.16. The van der Waals surface area contributed by atoms with Gasteiger partial charge in [-0.15, -0.1) is 0 Å². The molecule has 1 aliphatic heterocycles. The van der Waals surface area contributed by atoms with Crippen LogP contribution in [0, 0.1) is 11.3 Å². The van der Waals surface area contributed by atoms with Crippen molar-refractivity contribution >= 4 is 0 Å². The van der Waals surface area contributed by atoms with Crippen molar-refractivity contribution in [3.05, 3.63) is 34.4 Å². The predicted octanol–water partition coefficient (Wildman–Crippen LogP) is 2.47. The van der Waals surface area contributed by atoms with Gasteiger partial charge in [0.15, 0.2) is 0 Å². The maximum absolute atomic E-state index is 9.09. The second-order valence-electron chi connectivity index (χ2n) is 4.77. The molecule has 2 heteroatoms. The molecule has 3 rings (SSSR count). The molecule has 2 nitrogen and oxygen atoms in total. The van der Waals surface area contributed by atoms with E-state index >= 15 is 0 Å². The van der Waals surface area contributed by atoms with Gasteiger partial charge in [0.1, 0.15) is 0 Å². The molecule has 0 radical (unpaired) electrons. The van der Waals surface area contributed by atoms with Crippen molar-refractivity contribution in [1.82, 2.24) is 5.32 Å². The van der Waals surface area contributed by atoms with Crippen LogP contribution >= 0.6 is 0 Å². The van der Waals surface area contributed by atoms with E-state index in [4.69, 9.17) is 5.26 Å². The Morgan fingerprint density at radius 3 is 2.81 bits per heavy atom. The van der Waals surface area contributed by atoms with Gasteiger partial charge in [0, 0.05) is 6.04 Å². The second-order valence-corrected chi connectivity index (χ2v) is 4.77. The highest BCUT2D eigenvalue weighted by Gasteiger charge is 2.24. The summed E-state index contributed by atoms with van der Waals surface area (Å²) < 4.78 is 0. The van der Waals surface area contributed by atoms with Crippen LogP contribution in [0.4, 0.5) is 0 Å². The van der Waals surface area contributed by atoms with Gasteiger partial charge < -0.3 is 5.32 Å². The number of fused-ring (bicyclic) bond motifs is 1. The maximum atomic E-state index is 9.09. The minimum atomic E-state index is 0.541. The highest BCUT2D eigenvalue weighted by atomic mass is 14.9. The zero-order valence-electron chi connectivity index (χ0n) is 9.42. The van der Waals surface area contributed by atoms with E-state index in [1.165, 1.54) is 42.4 Å². The molecule has 1 fully saturated rings. The van der Waals surface area contributed by atoms with E-state index in [2.05, 4.69) is 17.5 Å². The van der Waals surface area contributed by atoms with E-state index in [9.17, 15) is 0 Å². The van der Waals surface area contributed by atoms with E-state index in [1.807, 2.05) is 6.07 Å². The maximum Gasteiger partial charge on any atom is 0.0994 e. The third kappa shape index (κ3) is 1.44. The minimum absolute atomic E-state index is 0.541. The van der Waals surface area contributed by atoms with Gasteiger partial charge in [-0.1, -0.05) is 6.07 Å². The fourth-order valence-electron chi connectivity index (χ4n) is 3.12. The number of rotatable bonds is 1. The molecule has 0 bridgehead atoms. The molecule has 0 aromatic heterocycles. The summed E-state index contributed by atoms with van der Waals surface area (Å²) in [6, 6.07) is 7.05. The third-order valence-electron chi connectivity index (χ3n) is 3.88. The fraction of sp³-hybridized carbons (Fsp3) is 0.500. The van der Waals surface area contributed by atoms with E-state index < -0.39 is 0 Å². The number of hydrogen-bond donors (Lipinski definition) is 1. The lowest BCUT2D eigenvalue weighted by Gasteiger charge is -2.16. The molecule has 16 heavy (non-hydrogen) atoms. The molecule has 0 spiro atoms. The summed E-state index contributed by atoms with van der Waals surface area (Å²) in [6.45, 7) is 1.14. The first kappa shape index (κ1) is 9.86. The summed E-state index contributed by atoms with van der Waals surface area (Å²) in [6.07, 6.45) is 6.00. The summed E-state index contributed by atoms with van der Waals surface area (Å²) in [5.74, 6) is 0. The molecule has 1 aromatic rings. The lowest BCUT2D eigenvalue weighted by molar-refractivity contribution is 0.641. The van der Waals surface area contributed by atoms with Gasteiger partial charge in [-0.25, -0.2) is 0 Å². The zero-order valence-corrected chi connectivity index (χ0v) is 9.42. The summed E-state index contributed by atoms with van der Waals surface area (Å²) in [4.78, 5) is 0. The molecule has 1 atom stereocenters. The van der Waals surface area contributed by atoms with Gasteiger partial charge in [0.05, 0.1) is 11.6 Å². The van der Waals surface area contributed by atoms with Crippen LogP contribution in [-0.4, -0.2) is 6.54 Å². The van der Waals surface area contributed by atoms with Gasteiger partial charge in [0.2, 0.25) is 0 Å². The zero-order chi connectivity index (χ0) is 11.0. The number of nitrogens with one attached hydrogen (secondary N) is 1. The van der Waals surface area contributed by atoms with Crippen molar-refractivity contribution in [3.8, 4) is 6.07 Å². The van der Waals surface area contributed by atoms with Crippen molar-refractivity contribution in [2.24, 2.45) is 0 Å². The first-order valence-electron chi connectivity index (χ1n) is 6.18. The van der Waals surface area contributed by atoms with E-state index in [-0.39, 0.29) is 0 Å². The Labute approximate surface area is 96.3 Å². The average molecular weight is 212 g/mol. The quantitative estimate of drug-likeness (QED) is 0.776. The van der Waals surface area contributed by atoms with Gasteiger partial charge in [-0.2, -0.15) is 5.26 Å². The van der Waals surface area contributed by atoms with E-state index in [1.54, 1.807) is 0 Å². The van der Waals surface area contributed by atoms with Crippen LogP contribution in [0.2, 0.25) is 0 Å². The molecule has 1 aliphatic carbocycles. The van der Waals surface area contributed by atoms with Gasteiger partial charge in [-0.3, -0.25) is 0 Å². The molecule has 0 amide bonds. The van der Waals surface area contributed by atoms with Gasteiger partial charge >= 0.3 is 0 Å². The highest BCUT2D eigenvalue weighted by Crippen LogP contribution is 2.34. The van der Waals surface area contributed by atoms with E-state index in [0.717, 1.165) is 18.5 Å². The molecule has 1 aromatic carbocycles. The Hall–Kier alpha value is -1.33. The van der Waals surface area contributed by atoms with Gasteiger partial charge in [-0.05, 0) is 61.4 Å². The minimum Gasteiger partial charge on any atom is -0.310 e. The molecule has 0 saturated carbocycles.